The van der Waals surface area contributed by atoms with Gasteiger partial charge in [-0.2, -0.15) is 5.26 Å². The lowest BCUT2D eigenvalue weighted by Gasteiger charge is -2.44. The Kier molecular flexibility index (Phi) is 5.11. The van der Waals surface area contributed by atoms with Gasteiger partial charge in [0.15, 0.2) is 0 Å². The van der Waals surface area contributed by atoms with Gasteiger partial charge in [-0.15, -0.1) is 0 Å². The monoisotopic (exact) mass is 362 g/mol. The molecule has 1 N–H and O–H groups in total. The Balaban J connectivity index is 1.33. The second-order valence-corrected chi connectivity index (χ2v) is 7.67. The Morgan fingerprint density at radius 1 is 1.04 bits per heavy atom. The summed E-state index contributed by atoms with van der Waals surface area (Å²) in [7, 11) is 0. The van der Waals surface area contributed by atoms with E-state index in [4.69, 9.17) is 5.26 Å². The van der Waals surface area contributed by atoms with Gasteiger partial charge in [-0.1, -0.05) is 30.3 Å². The molecule has 0 radical (unpaired) electrons. The molecule has 3 heterocycles. The highest BCUT2D eigenvalue weighted by molar-refractivity contribution is 5.45. The summed E-state index contributed by atoms with van der Waals surface area (Å²) in [4.78, 5) is 9.26. The second-order valence-electron chi connectivity index (χ2n) is 7.67. The number of rotatable bonds is 3. The SMILES string of the molecule is N#Cc1ccnc(N2CCC(N3CCC(O)(c4ccccc4)CC3)CC2)c1. The van der Waals surface area contributed by atoms with Gasteiger partial charge in [-0.05, 0) is 43.4 Å². The fraction of sp³-hybridized carbons (Fsp3) is 0.455. The summed E-state index contributed by atoms with van der Waals surface area (Å²) in [5, 5.41) is 20.1. The van der Waals surface area contributed by atoms with E-state index in [2.05, 4.69) is 20.9 Å². The summed E-state index contributed by atoms with van der Waals surface area (Å²) >= 11 is 0. The Hall–Kier alpha value is -2.42. The van der Waals surface area contributed by atoms with E-state index in [9.17, 15) is 5.11 Å². The largest absolute Gasteiger partial charge is 0.385 e. The van der Waals surface area contributed by atoms with E-state index in [-0.39, 0.29) is 0 Å². The summed E-state index contributed by atoms with van der Waals surface area (Å²) in [6, 6.07) is 16.5. The molecule has 1 aromatic carbocycles. The fourth-order valence-corrected chi connectivity index (χ4v) is 4.42. The molecule has 140 valence electrons. The van der Waals surface area contributed by atoms with E-state index in [1.54, 1.807) is 12.3 Å². The normalized spacial score (nSPS) is 21.0. The highest BCUT2D eigenvalue weighted by atomic mass is 16.3. The Bertz CT molecular complexity index is 801. The van der Waals surface area contributed by atoms with Crippen LogP contribution in [0, 0.1) is 11.3 Å². The van der Waals surface area contributed by atoms with Gasteiger partial charge in [0.05, 0.1) is 17.2 Å². The number of nitriles is 1. The van der Waals surface area contributed by atoms with E-state index in [1.807, 2.05) is 36.4 Å². The van der Waals surface area contributed by atoms with E-state index in [1.165, 1.54) is 0 Å². The van der Waals surface area contributed by atoms with Crippen molar-refractivity contribution in [3.05, 3.63) is 59.8 Å². The van der Waals surface area contributed by atoms with Gasteiger partial charge >= 0.3 is 0 Å². The number of aromatic nitrogens is 1. The molecule has 2 aliphatic heterocycles. The first-order valence-electron chi connectivity index (χ1n) is 9.81. The van der Waals surface area contributed by atoms with Crippen LogP contribution < -0.4 is 4.90 Å². The molecule has 1 aromatic heterocycles. The number of pyridine rings is 1. The summed E-state index contributed by atoms with van der Waals surface area (Å²) in [5.74, 6) is 0.907. The van der Waals surface area contributed by atoms with Crippen LogP contribution in [-0.4, -0.2) is 47.2 Å². The van der Waals surface area contributed by atoms with E-state index in [0.717, 1.165) is 63.2 Å². The topological polar surface area (TPSA) is 63.4 Å². The molecular weight excluding hydrogens is 336 g/mol. The van der Waals surface area contributed by atoms with Crippen molar-refractivity contribution >= 4 is 5.82 Å². The van der Waals surface area contributed by atoms with Crippen LogP contribution in [0.3, 0.4) is 0 Å². The predicted molar refractivity (Wildman–Crippen MR) is 105 cm³/mol. The molecule has 0 bridgehead atoms. The first-order valence-corrected chi connectivity index (χ1v) is 9.81. The van der Waals surface area contributed by atoms with Crippen LogP contribution in [0.2, 0.25) is 0 Å². The van der Waals surface area contributed by atoms with Crippen LogP contribution in [0.15, 0.2) is 48.7 Å². The Labute approximate surface area is 160 Å². The summed E-state index contributed by atoms with van der Waals surface area (Å²) in [5.41, 5.74) is 1.03. The average molecular weight is 362 g/mol. The molecule has 0 aliphatic carbocycles. The van der Waals surface area contributed by atoms with Crippen LogP contribution in [0.25, 0.3) is 0 Å². The number of aliphatic hydroxyl groups is 1. The molecule has 0 saturated carbocycles. The molecule has 0 amide bonds. The number of benzene rings is 1. The highest BCUT2D eigenvalue weighted by Gasteiger charge is 2.36. The van der Waals surface area contributed by atoms with Crippen LogP contribution in [0.4, 0.5) is 5.82 Å². The first kappa shape index (κ1) is 18.0. The molecule has 4 rings (SSSR count). The minimum atomic E-state index is -0.680. The van der Waals surface area contributed by atoms with Gasteiger partial charge in [0.2, 0.25) is 0 Å². The zero-order chi connectivity index (χ0) is 18.7. The predicted octanol–water partition coefficient (Wildman–Crippen LogP) is 2.91. The number of piperidine rings is 2. The second kappa shape index (κ2) is 7.67. The molecule has 5 heteroatoms. The van der Waals surface area contributed by atoms with E-state index in [0.29, 0.717) is 11.6 Å². The maximum absolute atomic E-state index is 11.0. The quantitative estimate of drug-likeness (QED) is 0.910. The molecular formula is C22H26N4O. The maximum atomic E-state index is 11.0. The molecule has 27 heavy (non-hydrogen) atoms. The van der Waals surface area contributed by atoms with Gasteiger partial charge in [-0.3, -0.25) is 0 Å². The average Bonchev–Trinajstić information content (AvgIpc) is 2.75. The van der Waals surface area contributed by atoms with Crippen molar-refractivity contribution in [3.8, 4) is 6.07 Å². The smallest absolute Gasteiger partial charge is 0.129 e. The standard InChI is InChI=1S/C22H26N4O/c23-17-18-6-11-24-21(16-18)26-12-7-20(8-13-26)25-14-9-22(27,10-15-25)19-4-2-1-3-5-19/h1-6,11,16,20,27H,7-10,12-15H2. The molecule has 0 unspecified atom stereocenters. The minimum Gasteiger partial charge on any atom is -0.385 e. The molecule has 0 atom stereocenters. The molecule has 2 fully saturated rings. The molecule has 2 saturated heterocycles. The van der Waals surface area contributed by atoms with Gasteiger partial charge in [0.1, 0.15) is 5.82 Å². The van der Waals surface area contributed by atoms with Crippen molar-refractivity contribution < 1.29 is 5.11 Å². The lowest BCUT2D eigenvalue weighted by molar-refractivity contribution is -0.0379. The van der Waals surface area contributed by atoms with Gasteiger partial charge in [0.25, 0.3) is 0 Å². The third kappa shape index (κ3) is 3.83. The van der Waals surface area contributed by atoms with E-state index >= 15 is 0 Å². The van der Waals surface area contributed by atoms with Crippen LogP contribution in [-0.2, 0) is 5.60 Å². The highest BCUT2D eigenvalue weighted by Crippen LogP contribution is 2.34. The number of hydrogen-bond acceptors (Lipinski definition) is 5. The molecule has 0 spiro atoms. The van der Waals surface area contributed by atoms with Crippen LogP contribution in [0.1, 0.15) is 36.8 Å². The van der Waals surface area contributed by atoms with Crippen molar-refractivity contribution in [3.63, 3.8) is 0 Å². The molecule has 2 aromatic rings. The third-order valence-corrected chi connectivity index (χ3v) is 6.12. The summed E-state index contributed by atoms with van der Waals surface area (Å²) < 4.78 is 0. The number of nitrogens with zero attached hydrogens (tertiary/aromatic N) is 4. The van der Waals surface area contributed by atoms with Gasteiger partial charge in [0, 0.05) is 38.4 Å². The Morgan fingerprint density at radius 3 is 2.41 bits per heavy atom. The zero-order valence-corrected chi connectivity index (χ0v) is 15.6. The Morgan fingerprint density at radius 2 is 1.74 bits per heavy atom. The van der Waals surface area contributed by atoms with Crippen molar-refractivity contribution in [2.45, 2.75) is 37.3 Å². The van der Waals surface area contributed by atoms with Gasteiger partial charge in [-0.25, -0.2) is 4.98 Å². The molecule has 5 nitrogen and oxygen atoms in total. The van der Waals surface area contributed by atoms with Crippen molar-refractivity contribution in [1.29, 1.82) is 5.26 Å². The molecule has 2 aliphatic rings. The van der Waals surface area contributed by atoms with Gasteiger partial charge < -0.3 is 14.9 Å². The zero-order valence-electron chi connectivity index (χ0n) is 15.6. The number of anilines is 1. The first-order chi connectivity index (χ1) is 13.2. The summed E-state index contributed by atoms with van der Waals surface area (Å²) in [6.45, 7) is 3.81. The van der Waals surface area contributed by atoms with Crippen LogP contribution in [0.5, 0.6) is 0 Å². The van der Waals surface area contributed by atoms with E-state index < -0.39 is 5.60 Å². The maximum Gasteiger partial charge on any atom is 0.129 e. The minimum absolute atomic E-state index is 0.570. The van der Waals surface area contributed by atoms with Crippen LogP contribution >= 0.6 is 0 Å². The fourth-order valence-electron chi connectivity index (χ4n) is 4.42. The number of hydrogen-bond donors (Lipinski definition) is 1. The van der Waals surface area contributed by atoms with Crippen molar-refractivity contribution in [2.75, 3.05) is 31.1 Å². The third-order valence-electron chi connectivity index (χ3n) is 6.12. The van der Waals surface area contributed by atoms with Crippen molar-refractivity contribution in [2.24, 2.45) is 0 Å². The summed E-state index contributed by atoms with van der Waals surface area (Å²) in [6.07, 6.45) is 5.51. The lowest BCUT2D eigenvalue weighted by Crippen LogP contribution is -2.50. The lowest BCUT2D eigenvalue weighted by atomic mass is 9.83. The number of likely N-dealkylation sites (tertiary alicyclic amines) is 1. The van der Waals surface area contributed by atoms with Crippen molar-refractivity contribution in [1.82, 2.24) is 9.88 Å².